The molecule has 4 heteroatoms. The first-order valence-electron chi connectivity index (χ1n) is 3.59. The van der Waals surface area contributed by atoms with E-state index in [1.165, 1.54) is 0 Å². The minimum atomic E-state index is -0.768. The summed E-state index contributed by atoms with van der Waals surface area (Å²) in [7, 11) is 0. The lowest BCUT2D eigenvalue weighted by Gasteiger charge is -2.17. The van der Waals surface area contributed by atoms with E-state index in [9.17, 15) is 4.79 Å². The predicted octanol–water partition coefficient (Wildman–Crippen LogP) is -0.507. The van der Waals surface area contributed by atoms with E-state index in [2.05, 4.69) is 0 Å². The van der Waals surface area contributed by atoms with Gasteiger partial charge in [-0.2, -0.15) is 0 Å². The summed E-state index contributed by atoms with van der Waals surface area (Å²) in [6.07, 6.45) is 3.71. The van der Waals surface area contributed by atoms with Crippen LogP contribution in [-0.2, 0) is 9.53 Å². The van der Waals surface area contributed by atoms with E-state index in [0.717, 1.165) is 12.8 Å². The highest BCUT2D eigenvalue weighted by molar-refractivity contribution is 5.82. The maximum Gasteiger partial charge on any atom is 0.242 e. The van der Waals surface area contributed by atoms with E-state index >= 15 is 0 Å². The van der Waals surface area contributed by atoms with Crippen LogP contribution in [0.15, 0.2) is 11.8 Å². The van der Waals surface area contributed by atoms with Crippen LogP contribution < -0.4 is 11.5 Å². The Balaban J connectivity index is 2.58. The van der Waals surface area contributed by atoms with Crippen LogP contribution >= 0.6 is 0 Å². The molecule has 4 nitrogen and oxygen atoms in total. The van der Waals surface area contributed by atoms with E-state index in [-0.39, 0.29) is 0 Å². The predicted molar refractivity (Wildman–Crippen MR) is 40.4 cm³/mol. The van der Waals surface area contributed by atoms with Crippen LogP contribution in [0.25, 0.3) is 0 Å². The number of nitrogens with two attached hydrogens (primary N) is 2. The van der Waals surface area contributed by atoms with Crippen molar-refractivity contribution in [3.05, 3.63) is 11.8 Å². The second-order valence-corrected chi connectivity index (χ2v) is 2.48. The summed E-state index contributed by atoms with van der Waals surface area (Å²) in [4.78, 5) is 10.6. The standard InChI is InChI=1S/C7H12N2O2/c8-6(7(9)10)5-3-1-2-4-11-5/h3,6H,1-2,4,8H2,(H2,9,10). The van der Waals surface area contributed by atoms with Gasteiger partial charge in [-0.1, -0.05) is 0 Å². The highest BCUT2D eigenvalue weighted by Gasteiger charge is 2.17. The first kappa shape index (κ1) is 8.07. The lowest BCUT2D eigenvalue weighted by molar-refractivity contribution is -0.119. The second kappa shape index (κ2) is 3.39. The average Bonchev–Trinajstić information content (AvgIpc) is 2.05. The number of carbonyl (C=O) groups is 1. The molecule has 0 bridgehead atoms. The summed E-state index contributed by atoms with van der Waals surface area (Å²) >= 11 is 0. The molecule has 0 saturated carbocycles. The van der Waals surface area contributed by atoms with Crippen LogP contribution in [0.4, 0.5) is 0 Å². The zero-order valence-corrected chi connectivity index (χ0v) is 6.25. The van der Waals surface area contributed by atoms with E-state index in [1.54, 1.807) is 0 Å². The van der Waals surface area contributed by atoms with Crippen LogP contribution in [0.2, 0.25) is 0 Å². The van der Waals surface area contributed by atoms with Crippen LogP contribution in [-0.4, -0.2) is 18.6 Å². The third kappa shape index (κ3) is 1.94. The fourth-order valence-electron chi connectivity index (χ4n) is 0.934. The third-order valence-electron chi connectivity index (χ3n) is 1.58. The summed E-state index contributed by atoms with van der Waals surface area (Å²) in [6.45, 7) is 0.632. The molecule has 1 unspecified atom stereocenters. The Hall–Kier alpha value is -1.03. The van der Waals surface area contributed by atoms with E-state index in [4.69, 9.17) is 16.2 Å². The Morgan fingerprint density at radius 1 is 1.73 bits per heavy atom. The maximum atomic E-state index is 10.6. The zero-order chi connectivity index (χ0) is 8.27. The maximum absolute atomic E-state index is 10.6. The molecule has 0 fully saturated rings. The molecule has 1 atom stereocenters. The number of ether oxygens (including phenoxy) is 1. The van der Waals surface area contributed by atoms with Crippen molar-refractivity contribution in [2.24, 2.45) is 11.5 Å². The van der Waals surface area contributed by atoms with E-state index < -0.39 is 11.9 Å². The van der Waals surface area contributed by atoms with Gasteiger partial charge in [-0.15, -0.1) is 0 Å². The van der Waals surface area contributed by atoms with Crippen LogP contribution in [0, 0.1) is 0 Å². The molecule has 1 aliphatic heterocycles. The van der Waals surface area contributed by atoms with Crippen molar-refractivity contribution in [2.75, 3.05) is 6.61 Å². The van der Waals surface area contributed by atoms with Crippen molar-refractivity contribution in [1.29, 1.82) is 0 Å². The molecule has 0 aromatic carbocycles. The lowest BCUT2D eigenvalue weighted by Crippen LogP contribution is -2.39. The number of allylic oxidation sites excluding steroid dienone is 1. The Morgan fingerprint density at radius 2 is 2.45 bits per heavy atom. The highest BCUT2D eigenvalue weighted by atomic mass is 16.5. The van der Waals surface area contributed by atoms with Crippen molar-refractivity contribution in [2.45, 2.75) is 18.9 Å². The molecule has 1 rings (SSSR count). The molecule has 1 amide bonds. The molecule has 0 radical (unpaired) electrons. The van der Waals surface area contributed by atoms with Crippen LogP contribution in [0.1, 0.15) is 12.8 Å². The Morgan fingerprint density at radius 3 is 2.91 bits per heavy atom. The number of amides is 1. The molecule has 1 heterocycles. The van der Waals surface area contributed by atoms with E-state index in [1.807, 2.05) is 6.08 Å². The molecular weight excluding hydrogens is 144 g/mol. The lowest BCUT2D eigenvalue weighted by atomic mass is 10.1. The number of primary amides is 1. The summed E-state index contributed by atoms with van der Waals surface area (Å²) in [5.41, 5.74) is 10.4. The Kier molecular flexibility index (Phi) is 2.48. The summed E-state index contributed by atoms with van der Waals surface area (Å²) in [6, 6.07) is -0.768. The third-order valence-corrected chi connectivity index (χ3v) is 1.58. The minimum Gasteiger partial charge on any atom is -0.496 e. The molecule has 62 valence electrons. The van der Waals surface area contributed by atoms with Crippen LogP contribution in [0.5, 0.6) is 0 Å². The average molecular weight is 156 g/mol. The molecule has 4 N–H and O–H groups in total. The number of rotatable bonds is 2. The first-order valence-corrected chi connectivity index (χ1v) is 3.59. The monoisotopic (exact) mass is 156 g/mol. The van der Waals surface area contributed by atoms with Gasteiger partial charge in [-0.05, 0) is 18.9 Å². The fraction of sp³-hybridized carbons (Fsp3) is 0.571. The molecule has 0 saturated heterocycles. The molecule has 0 aromatic heterocycles. The topological polar surface area (TPSA) is 78.3 Å². The Labute approximate surface area is 65.2 Å². The van der Waals surface area contributed by atoms with Gasteiger partial charge in [0.1, 0.15) is 11.8 Å². The van der Waals surface area contributed by atoms with Crippen molar-refractivity contribution >= 4 is 5.91 Å². The van der Waals surface area contributed by atoms with Crippen molar-refractivity contribution < 1.29 is 9.53 Å². The molecule has 0 spiro atoms. The van der Waals surface area contributed by atoms with Gasteiger partial charge >= 0.3 is 0 Å². The van der Waals surface area contributed by atoms with Crippen molar-refractivity contribution in [1.82, 2.24) is 0 Å². The molecule has 11 heavy (non-hydrogen) atoms. The van der Waals surface area contributed by atoms with Gasteiger partial charge in [0.05, 0.1) is 6.61 Å². The van der Waals surface area contributed by atoms with E-state index in [0.29, 0.717) is 12.4 Å². The van der Waals surface area contributed by atoms with Gasteiger partial charge in [0.2, 0.25) is 5.91 Å². The largest absolute Gasteiger partial charge is 0.496 e. The van der Waals surface area contributed by atoms with Gasteiger partial charge in [0.25, 0.3) is 0 Å². The van der Waals surface area contributed by atoms with Crippen LogP contribution in [0.3, 0.4) is 0 Å². The first-order chi connectivity index (χ1) is 5.22. The van der Waals surface area contributed by atoms with Crippen molar-refractivity contribution in [3.63, 3.8) is 0 Å². The van der Waals surface area contributed by atoms with Gasteiger partial charge in [-0.25, -0.2) is 0 Å². The summed E-state index contributed by atoms with van der Waals surface area (Å²) in [5, 5.41) is 0. The zero-order valence-electron chi connectivity index (χ0n) is 6.25. The molecular formula is C7H12N2O2. The smallest absolute Gasteiger partial charge is 0.242 e. The van der Waals surface area contributed by atoms with Gasteiger partial charge in [-0.3, -0.25) is 4.79 Å². The SMILES string of the molecule is NC(=O)C(N)C1=CCCCO1. The summed E-state index contributed by atoms with van der Waals surface area (Å²) < 4.78 is 5.14. The number of hydrogen-bond donors (Lipinski definition) is 2. The highest BCUT2D eigenvalue weighted by Crippen LogP contribution is 2.11. The normalized spacial score (nSPS) is 19.9. The number of carbonyl (C=O) groups excluding carboxylic acids is 1. The molecule has 1 aliphatic rings. The summed E-state index contributed by atoms with van der Waals surface area (Å²) in [5.74, 6) is -0.0260. The van der Waals surface area contributed by atoms with Gasteiger partial charge < -0.3 is 16.2 Å². The molecule has 0 aliphatic carbocycles. The van der Waals surface area contributed by atoms with Gasteiger partial charge in [0.15, 0.2) is 0 Å². The quantitative estimate of drug-likeness (QED) is 0.565. The van der Waals surface area contributed by atoms with Crippen molar-refractivity contribution in [3.8, 4) is 0 Å². The number of hydrogen-bond acceptors (Lipinski definition) is 3. The minimum absolute atomic E-state index is 0.517. The Bertz CT molecular complexity index is 189. The van der Waals surface area contributed by atoms with Gasteiger partial charge in [0, 0.05) is 0 Å². The molecule has 0 aromatic rings. The second-order valence-electron chi connectivity index (χ2n) is 2.48. The fourth-order valence-corrected chi connectivity index (χ4v) is 0.934.